The monoisotopic (exact) mass is 1070 g/mol. The van der Waals surface area contributed by atoms with Gasteiger partial charge in [0, 0.05) is 74.3 Å². The quantitative estimate of drug-likeness (QED) is 0.141. The van der Waals surface area contributed by atoms with Crippen molar-refractivity contribution < 1.29 is 4.74 Å². The molecular formula is C74H63N5O3. The number of hydrogen-bond donors (Lipinski definition) is 0. The molecule has 402 valence electrons. The minimum atomic E-state index is -0.264. The summed E-state index contributed by atoms with van der Waals surface area (Å²) in [5, 5.41) is 3.92. The summed E-state index contributed by atoms with van der Waals surface area (Å²) in [6, 6.07) is 62.9. The van der Waals surface area contributed by atoms with Crippen LogP contribution >= 0.6 is 0 Å². The van der Waals surface area contributed by atoms with Crippen molar-refractivity contribution in [3.8, 4) is 83.8 Å². The minimum Gasteiger partial charge on any atom is -0.497 e. The van der Waals surface area contributed by atoms with E-state index in [0.29, 0.717) is 11.3 Å². The molecule has 14 rings (SSSR count). The SMILES string of the molecule is COc1ccnc(-c2ccc(-c3ccccc3-c3cc(-c4ccccc4-c4ccc5c(ccn6c7c(c(=O)nc56)C(C)(C)CC7(C)C)c4)cc(-c4ccccc4-c4ccc5c(ccn6c7c(c(=O)nc56)C(C)(C)CC7(C)C)c4)c3)cc2)c1. The molecule has 0 radical (unpaired) electrons. The standard InChI is InChI=1S/C74H63N5O3/c1-71(2)42-73(5,6)65-63(71)69(80)76-67-60-28-26-46(36-48(60)31-34-78(65)67)55-17-11-14-20-58(55)51-38-50(57-19-13-10-16-54(57)44-22-24-45(25-23-44)62-41-53(82-9)30-33-75-62)39-52(40-51)59-21-15-12-18-56(59)47-27-29-61-49(37-47)32-35-79-66-64(70(81)77-68(61)79)72(3,4)43-74(66,7)8/h10-41H,42-43H2,1-9H3. The van der Waals surface area contributed by atoms with Gasteiger partial charge in [-0.25, -0.2) is 0 Å². The number of hydrogen-bond acceptors (Lipinski definition) is 6. The number of fused-ring (bicyclic) bond motifs is 10. The number of rotatable bonds is 8. The number of nitrogens with zero attached hydrogens (tertiary/aromatic N) is 5. The van der Waals surface area contributed by atoms with Crippen LogP contribution in [-0.2, 0) is 21.7 Å². The lowest BCUT2D eigenvalue weighted by molar-refractivity contribution is 0.397. The van der Waals surface area contributed by atoms with Crippen LogP contribution in [0.4, 0.5) is 0 Å². The number of benzene rings is 7. The molecule has 5 aromatic heterocycles. The lowest BCUT2D eigenvalue weighted by Gasteiger charge is -2.23. The van der Waals surface area contributed by atoms with Crippen LogP contribution in [0.25, 0.3) is 111 Å². The van der Waals surface area contributed by atoms with E-state index in [1.807, 2.05) is 12.1 Å². The van der Waals surface area contributed by atoms with E-state index in [-0.39, 0.29) is 32.8 Å². The van der Waals surface area contributed by atoms with Gasteiger partial charge in [0.1, 0.15) is 17.0 Å². The van der Waals surface area contributed by atoms with Crippen LogP contribution in [0.5, 0.6) is 5.75 Å². The summed E-state index contributed by atoms with van der Waals surface area (Å²) in [5.41, 5.74) is 18.8. The Bertz CT molecular complexity index is 4560. The van der Waals surface area contributed by atoms with Crippen molar-refractivity contribution in [1.82, 2.24) is 23.8 Å². The van der Waals surface area contributed by atoms with E-state index in [4.69, 9.17) is 14.7 Å². The van der Waals surface area contributed by atoms with Crippen LogP contribution < -0.4 is 15.9 Å². The van der Waals surface area contributed by atoms with Crippen molar-refractivity contribution in [3.63, 3.8) is 0 Å². The van der Waals surface area contributed by atoms with Crippen molar-refractivity contribution >= 4 is 32.8 Å². The molecule has 0 saturated heterocycles. The van der Waals surface area contributed by atoms with Gasteiger partial charge in [-0.2, -0.15) is 9.97 Å². The smallest absolute Gasteiger partial charge is 0.277 e. The zero-order chi connectivity index (χ0) is 56.6. The fraction of sp³-hybridized carbons (Fsp3) is 0.203. The molecule has 0 N–H and O–H groups in total. The lowest BCUT2D eigenvalue weighted by atomic mass is 9.82. The third-order valence-electron chi connectivity index (χ3n) is 17.8. The van der Waals surface area contributed by atoms with Gasteiger partial charge < -0.3 is 13.5 Å². The minimum absolute atomic E-state index is 0.130. The molecular weight excluding hydrogens is 1010 g/mol. The van der Waals surface area contributed by atoms with E-state index < -0.39 is 0 Å². The molecule has 82 heavy (non-hydrogen) atoms. The normalized spacial score (nSPS) is 15.5. The van der Waals surface area contributed by atoms with Crippen LogP contribution in [0.3, 0.4) is 0 Å². The van der Waals surface area contributed by atoms with Crippen molar-refractivity contribution in [2.24, 2.45) is 0 Å². The molecule has 0 aliphatic heterocycles. The van der Waals surface area contributed by atoms with Gasteiger partial charge in [0.05, 0.1) is 12.8 Å². The van der Waals surface area contributed by atoms with E-state index in [0.717, 1.165) is 141 Å². The van der Waals surface area contributed by atoms with Crippen molar-refractivity contribution in [2.75, 3.05) is 7.11 Å². The zero-order valence-corrected chi connectivity index (χ0v) is 47.9. The van der Waals surface area contributed by atoms with Crippen LogP contribution in [-0.4, -0.2) is 30.9 Å². The maximum absolute atomic E-state index is 13.9. The number of pyridine rings is 3. The molecule has 5 heterocycles. The molecule has 0 unspecified atom stereocenters. The fourth-order valence-corrected chi connectivity index (χ4v) is 14.9. The highest BCUT2D eigenvalue weighted by Crippen LogP contribution is 2.50. The third kappa shape index (κ3) is 8.13. The first-order chi connectivity index (χ1) is 39.4. The van der Waals surface area contributed by atoms with E-state index >= 15 is 0 Å². The Morgan fingerprint density at radius 3 is 1.20 bits per heavy atom. The average Bonchev–Trinajstić information content (AvgIpc) is 4.06. The molecule has 2 aliphatic carbocycles. The summed E-state index contributed by atoms with van der Waals surface area (Å²) in [6.07, 6.45) is 7.76. The molecule has 2 aliphatic rings. The predicted molar refractivity (Wildman–Crippen MR) is 335 cm³/mol. The molecule has 12 aromatic rings. The summed E-state index contributed by atoms with van der Waals surface area (Å²) in [7, 11) is 1.67. The van der Waals surface area contributed by atoms with Gasteiger partial charge in [-0.3, -0.25) is 14.6 Å². The van der Waals surface area contributed by atoms with E-state index in [1.165, 1.54) is 0 Å². The molecule has 0 fully saturated rings. The Kier molecular flexibility index (Phi) is 11.4. The molecule has 8 nitrogen and oxygen atoms in total. The van der Waals surface area contributed by atoms with Crippen LogP contribution in [0.15, 0.2) is 204 Å². The molecule has 0 spiro atoms. The Morgan fingerprint density at radius 2 is 0.780 bits per heavy atom. The first kappa shape index (κ1) is 50.9. The molecule has 0 saturated carbocycles. The molecule has 7 aromatic carbocycles. The Morgan fingerprint density at radius 1 is 0.402 bits per heavy atom. The Labute approximate surface area is 477 Å². The fourth-order valence-electron chi connectivity index (χ4n) is 14.9. The number of aromatic nitrogens is 5. The first-order valence-corrected chi connectivity index (χ1v) is 28.4. The highest BCUT2D eigenvalue weighted by Gasteiger charge is 2.47. The van der Waals surface area contributed by atoms with Crippen molar-refractivity contribution in [2.45, 2.75) is 89.9 Å². The van der Waals surface area contributed by atoms with Crippen molar-refractivity contribution in [3.05, 3.63) is 238 Å². The van der Waals surface area contributed by atoms with Crippen molar-refractivity contribution in [1.29, 1.82) is 0 Å². The zero-order valence-electron chi connectivity index (χ0n) is 47.9. The first-order valence-electron chi connectivity index (χ1n) is 28.4. The second kappa shape index (κ2) is 18.4. The summed E-state index contributed by atoms with van der Waals surface area (Å²) in [5.74, 6) is 0.763. The third-order valence-corrected chi connectivity index (χ3v) is 17.8. The molecule has 0 atom stereocenters. The Balaban J connectivity index is 0.928. The molecule has 0 bridgehead atoms. The largest absolute Gasteiger partial charge is 0.497 e. The number of ether oxygens (including phenoxy) is 1. The lowest BCUT2D eigenvalue weighted by Crippen LogP contribution is -2.26. The molecule has 8 heteroatoms. The van der Waals surface area contributed by atoms with Gasteiger partial charge in [-0.05, 0) is 150 Å². The predicted octanol–water partition coefficient (Wildman–Crippen LogP) is 17.0. The van der Waals surface area contributed by atoms with Gasteiger partial charge in [0.25, 0.3) is 11.1 Å². The van der Waals surface area contributed by atoms with Gasteiger partial charge in [0.2, 0.25) is 0 Å². The van der Waals surface area contributed by atoms with E-state index in [1.54, 1.807) is 13.3 Å². The summed E-state index contributed by atoms with van der Waals surface area (Å²) < 4.78 is 9.87. The summed E-state index contributed by atoms with van der Waals surface area (Å²) in [6.45, 7) is 17.6. The van der Waals surface area contributed by atoms with Gasteiger partial charge in [0.15, 0.2) is 0 Å². The van der Waals surface area contributed by atoms with E-state index in [2.05, 4.69) is 245 Å². The number of methoxy groups -OCH3 is 1. The second-order valence-corrected chi connectivity index (χ2v) is 25.4. The van der Waals surface area contributed by atoms with Crippen LogP contribution in [0, 0.1) is 0 Å². The summed E-state index contributed by atoms with van der Waals surface area (Å²) in [4.78, 5) is 42.1. The molecule has 0 amide bonds. The highest BCUT2D eigenvalue weighted by molar-refractivity contribution is 6.01. The van der Waals surface area contributed by atoms with Crippen LogP contribution in [0.1, 0.15) is 90.7 Å². The van der Waals surface area contributed by atoms with Crippen LogP contribution in [0.2, 0.25) is 0 Å². The van der Waals surface area contributed by atoms with Gasteiger partial charge in [-0.1, -0.05) is 177 Å². The summed E-state index contributed by atoms with van der Waals surface area (Å²) >= 11 is 0. The highest BCUT2D eigenvalue weighted by atomic mass is 16.5. The maximum atomic E-state index is 13.9. The second-order valence-electron chi connectivity index (χ2n) is 25.4. The maximum Gasteiger partial charge on any atom is 0.277 e. The Hall–Kier alpha value is -9.27. The van der Waals surface area contributed by atoms with E-state index in [9.17, 15) is 9.59 Å². The van der Waals surface area contributed by atoms with Gasteiger partial charge >= 0.3 is 0 Å². The average molecular weight is 1070 g/mol. The topological polar surface area (TPSA) is 90.9 Å². The van der Waals surface area contributed by atoms with Gasteiger partial charge in [-0.15, -0.1) is 0 Å².